The molecule has 1 fully saturated rings. The van der Waals surface area contributed by atoms with Crippen molar-refractivity contribution in [1.82, 2.24) is 9.55 Å². The predicted octanol–water partition coefficient (Wildman–Crippen LogP) is 3.42. The van der Waals surface area contributed by atoms with E-state index in [-0.39, 0.29) is 12.5 Å². The number of hydrogen-bond acceptors (Lipinski definition) is 3. The van der Waals surface area contributed by atoms with Crippen molar-refractivity contribution in [2.75, 3.05) is 5.32 Å². The van der Waals surface area contributed by atoms with Crippen LogP contribution in [0.5, 0.6) is 0 Å². The van der Waals surface area contributed by atoms with Crippen LogP contribution in [0.25, 0.3) is 11.0 Å². The second kappa shape index (κ2) is 5.82. The maximum Gasteiger partial charge on any atom is 0.244 e. The van der Waals surface area contributed by atoms with Gasteiger partial charge in [0, 0.05) is 11.6 Å². The fraction of sp³-hybridized carbons (Fsp3) is 0.211. The fourth-order valence-electron chi connectivity index (χ4n) is 2.92. The summed E-state index contributed by atoms with van der Waals surface area (Å²) in [5, 5.41) is 11.8. The van der Waals surface area contributed by atoms with Gasteiger partial charge >= 0.3 is 0 Å². The zero-order chi connectivity index (χ0) is 16.5. The van der Waals surface area contributed by atoms with Gasteiger partial charge in [0.25, 0.3) is 0 Å². The lowest BCUT2D eigenvalue weighted by atomic mass is 10.2. The summed E-state index contributed by atoms with van der Waals surface area (Å²) in [4.78, 5) is 17.2. The topological polar surface area (TPSA) is 70.7 Å². The summed E-state index contributed by atoms with van der Waals surface area (Å²) in [5.74, 6) is 1.35. The molecule has 118 valence electrons. The van der Waals surface area contributed by atoms with E-state index in [1.165, 1.54) is 0 Å². The van der Waals surface area contributed by atoms with Gasteiger partial charge in [-0.25, -0.2) is 4.98 Å². The molecule has 24 heavy (non-hydrogen) atoms. The number of imidazole rings is 1. The average molecular weight is 316 g/mol. The quantitative estimate of drug-likeness (QED) is 0.801. The minimum Gasteiger partial charge on any atom is -0.324 e. The smallest absolute Gasteiger partial charge is 0.244 e. The van der Waals surface area contributed by atoms with Crippen LogP contribution in [0.2, 0.25) is 0 Å². The van der Waals surface area contributed by atoms with Crippen molar-refractivity contribution >= 4 is 22.6 Å². The third-order valence-electron chi connectivity index (χ3n) is 4.20. The molecule has 2 aromatic carbocycles. The molecule has 1 saturated carbocycles. The van der Waals surface area contributed by atoms with Crippen molar-refractivity contribution in [3.05, 3.63) is 59.9 Å². The third kappa shape index (κ3) is 2.74. The fourth-order valence-corrected chi connectivity index (χ4v) is 2.92. The number of carbonyl (C=O) groups excluding carboxylic acids is 1. The van der Waals surface area contributed by atoms with Crippen LogP contribution >= 0.6 is 0 Å². The van der Waals surface area contributed by atoms with E-state index in [0.717, 1.165) is 29.7 Å². The van der Waals surface area contributed by atoms with E-state index in [1.807, 2.05) is 28.8 Å². The number of amides is 1. The van der Waals surface area contributed by atoms with Gasteiger partial charge in [-0.1, -0.05) is 18.2 Å². The molecule has 1 aromatic heterocycles. The number of hydrogen-bond donors (Lipinski definition) is 1. The molecule has 0 unspecified atom stereocenters. The van der Waals surface area contributed by atoms with E-state index in [2.05, 4.69) is 11.4 Å². The number of aromatic nitrogens is 2. The van der Waals surface area contributed by atoms with Gasteiger partial charge in [0.15, 0.2) is 0 Å². The van der Waals surface area contributed by atoms with E-state index < -0.39 is 0 Å². The zero-order valence-corrected chi connectivity index (χ0v) is 13.1. The van der Waals surface area contributed by atoms with Gasteiger partial charge in [-0.3, -0.25) is 4.79 Å². The molecule has 0 radical (unpaired) electrons. The van der Waals surface area contributed by atoms with E-state index in [9.17, 15) is 4.79 Å². The Morgan fingerprint density at radius 3 is 2.88 bits per heavy atom. The van der Waals surface area contributed by atoms with Gasteiger partial charge in [0.05, 0.1) is 22.7 Å². The monoisotopic (exact) mass is 316 g/mol. The Balaban J connectivity index is 1.60. The molecular weight excluding hydrogens is 300 g/mol. The van der Waals surface area contributed by atoms with Crippen molar-refractivity contribution in [2.24, 2.45) is 0 Å². The van der Waals surface area contributed by atoms with Crippen LogP contribution in [0, 0.1) is 11.3 Å². The van der Waals surface area contributed by atoms with Crippen LogP contribution in [-0.2, 0) is 11.3 Å². The van der Waals surface area contributed by atoms with Gasteiger partial charge in [-0.05, 0) is 43.2 Å². The predicted molar refractivity (Wildman–Crippen MR) is 91.5 cm³/mol. The number of benzene rings is 2. The van der Waals surface area contributed by atoms with Crippen molar-refractivity contribution in [1.29, 1.82) is 5.26 Å². The first-order valence-electron chi connectivity index (χ1n) is 8.00. The molecule has 5 nitrogen and oxygen atoms in total. The Hall–Kier alpha value is -3.13. The SMILES string of the molecule is N#Cc1cccc(NC(=O)Cn2c(C3CC3)nc3ccccc32)c1. The molecule has 1 aliphatic rings. The van der Waals surface area contributed by atoms with Crippen LogP contribution < -0.4 is 5.32 Å². The molecule has 1 amide bonds. The molecular formula is C19H16N4O. The van der Waals surface area contributed by atoms with Gasteiger partial charge in [-0.2, -0.15) is 5.26 Å². The molecule has 0 atom stereocenters. The molecule has 0 bridgehead atoms. The first-order valence-corrected chi connectivity index (χ1v) is 8.00. The molecule has 4 rings (SSSR count). The Bertz CT molecular complexity index is 963. The van der Waals surface area contributed by atoms with Crippen molar-refractivity contribution in [2.45, 2.75) is 25.3 Å². The maximum atomic E-state index is 12.5. The van der Waals surface area contributed by atoms with Gasteiger partial charge in [0.2, 0.25) is 5.91 Å². The molecule has 1 heterocycles. The highest BCUT2D eigenvalue weighted by molar-refractivity contribution is 5.92. The number of nitrogens with zero attached hydrogens (tertiary/aromatic N) is 3. The minimum atomic E-state index is -0.116. The normalized spacial score (nSPS) is 13.6. The van der Waals surface area contributed by atoms with Crippen LogP contribution in [0.4, 0.5) is 5.69 Å². The highest BCUT2D eigenvalue weighted by Crippen LogP contribution is 2.40. The number of carbonyl (C=O) groups is 1. The lowest BCUT2D eigenvalue weighted by Crippen LogP contribution is -2.20. The number of fused-ring (bicyclic) bond motifs is 1. The molecule has 1 N–H and O–H groups in total. The highest BCUT2D eigenvalue weighted by Gasteiger charge is 2.30. The van der Waals surface area contributed by atoms with Gasteiger partial charge in [0.1, 0.15) is 12.4 Å². The standard InChI is InChI=1S/C19H16N4O/c20-11-13-4-3-5-15(10-13)21-18(24)12-23-17-7-2-1-6-16(17)22-19(23)14-8-9-14/h1-7,10,14H,8-9,12H2,(H,21,24). The summed E-state index contributed by atoms with van der Waals surface area (Å²) in [6, 6.07) is 16.9. The number of nitriles is 1. The van der Waals surface area contributed by atoms with E-state index in [0.29, 0.717) is 17.2 Å². The molecule has 1 aliphatic carbocycles. The second-order valence-electron chi connectivity index (χ2n) is 6.06. The second-order valence-corrected chi connectivity index (χ2v) is 6.06. The number of anilines is 1. The number of nitrogens with one attached hydrogen (secondary N) is 1. The maximum absolute atomic E-state index is 12.5. The summed E-state index contributed by atoms with van der Waals surface area (Å²) in [6.07, 6.45) is 2.27. The van der Waals surface area contributed by atoms with Crippen LogP contribution in [0.3, 0.4) is 0 Å². The van der Waals surface area contributed by atoms with Crippen molar-refractivity contribution in [3.63, 3.8) is 0 Å². The molecule has 0 saturated heterocycles. The molecule has 0 aliphatic heterocycles. The van der Waals surface area contributed by atoms with E-state index >= 15 is 0 Å². The number of para-hydroxylation sites is 2. The Morgan fingerprint density at radius 2 is 2.08 bits per heavy atom. The summed E-state index contributed by atoms with van der Waals surface area (Å²) < 4.78 is 2.01. The first-order chi connectivity index (χ1) is 11.7. The molecule has 3 aromatic rings. The Kier molecular flexibility index (Phi) is 3.51. The van der Waals surface area contributed by atoms with Crippen molar-refractivity contribution < 1.29 is 4.79 Å². The summed E-state index contributed by atoms with van der Waals surface area (Å²) in [7, 11) is 0. The van der Waals surface area contributed by atoms with Crippen LogP contribution in [0.15, 0.2) is 48.5 Å². The van der Waals surface area contributed by atoms with Gasteiger partial charge in [-0.15, -0.1) is 0 Å². The summed E-state index contributed by atoms with van der Waals surface area (Å²) in [6.45, 7) is 0.225. The Morgan fingerprint density at radius 1 is 1.25 bits per heavy atom. The zero-order valence-electron chi connectivity index (χ0n) is 13.1. The van der Waals surface area contributed by atoms with Crippen LogP contribution in [0.1, 0.15) is 30.1 Å². The average Bonchev–Trinajstić information content (AvgIpc) is 3.38. The van der Waals surface area contributed by atoms with E-state index in [4.69, 9.17) is 10.2 Å². The van der Waals surface area contributed by atoms with Crippen molar-refractivity contribution in [3.8, 4) is 6.07 Å². The highest BCUT2D eigenvalue weighted by atomic mass is 16.1. The van der Waals surface area contributed by atoms with Gasteiger partial charge < -0.3 is 9.88 Å². The minimum absolute atomic E-state index is 0.116. The number of rotatable bonds is 4. The largest absolute Gasteiger partial charge is 0.324 e. The third-order valence-corrected chi connectivity index (χ3v) is 4.20. The Labute approximate surface area is 139 Å². The lowest BCUT2D eigenvalue weighted by Gasteiger charge is -2.10. The van der Waals surface area contributed by atoms with Crippen LogP contribution in [-0.4, -0.2) is 15.5 Å². The summed E-state index contributed by atoms with van der Waals surface area (Å²) >= 11 is 0. The molecule has 0 spiro atoms. The van der Waals surface area contributed by atoms with E-state index in [1.54, 1.807) is 24.3 Å². The molecule has 5 heteroatoms. The first kappa shape index (κ1) is 14.5. The lowest BCUT2D eigenvalue weighted by molar-refractivity contribution is -0.116. The summed E-state index contributed by atoms with van der Waals surface area (Å²) in [5.41, 5.74) is 3.08.